The van der Waals surface area contributed by atoms with Gasteiger partial charge < -0.3 is 9.47 Å². The van der Waals surface area contributed by atoms with Gasteiger partial charge in [0.2, 0.25) is 6.10 Å². The maximum absolute atomic E-state index is 11.3. The number of ether oxygens (including phenoxy) is 2. The highest BCUT2D eigenvalue weighted by atomic mass is 16.6. The maximum atomic E-state index is 11.3. The van der Waals surface area contributed by atoms with Crippen LogP contribution >= 0.6 is 0 Å². The van der Waals surface area contributed by atoms with Crippen molar-refractivity contribution in [1.29, 1.82) is 0 Å². The summed E-state index contributed by atoms with van der Waals surface area (Å²) < 4.78 is 10.6. The summed E-state index contributed by atoms with van der Waals surface area (Å²) in [6.07, 6.45) is 0.511. The second-order valence-electron chi connectivity index (χ2n) is 3.74. The fourth-order valence-corrected chi connectivity index (χ4v) is 2.07. The van der Waals surface area contributed by atoms with E-state index in [-0.39, 0.29) is 18.0 Å². The van der Waals surface area contributed by atoms with Crippen LogP contribution in [0.5, 0.6) is 5.75 Å². The molecule has 0 amide bonds. The van der Waals surface area contributed by atoms with Gasteiger partial charge >= 0.3 is 5.97 Å². The summed E-state index contributed by atoms with van der Waals surface area (Å²) in [4.78, 5) is 11.3. The largest absolute Gasteiger partial charge is 0.478 e. The van der Waals surface area contributed by atoms with Gasteiger partial charge in [0.1, 0.15) is 5.75 Å². The van der Waals surface area contributed by atoms with Crippen LogP contribution in [-0.4, -0.2) is 18.7 Å². The van der Waals surface area contributed by atoms with E-state index in [0.717, 1.165) is 12.2 Å². The smallest absolute Gasteiger partial charge is 0.347 e. The molecule has 2 heterocycles. The molecule has 1 saturated heterocycles. The molecule has 0 unspecified atom stereocenters. The Bertz CT molecular complexity index is 386. The Hall–Kier alpha value is -1.51. The lowest BCUT2D eigenvalue weighted by Gasteiger charge is -2.24. The van der Waals surface area contributed by atoms with Crippen LogP contribution in [0.2, 0.25) is 0 Å². The van der Waals surface area contributed by atoms with E-state index >= 15 is 0 Å². The molecule has 14 heavy (non-hydrogen) atoms. The van der Waals surface area contributed by atoms with Crippen molar-refractivity contribution < 1.29 is 14.3 Å². The van der Waals surface area contributed by atoms with Gasteiger partial charge in [0.25, 0.3) is 0 Å². The van der Waals surface area contributed by atoms with E-state index < -0.39 is 0 Å². The maximum Gasteiger partial charge on any atom is 0.347 e. The van der Waals surface area contributed by atoms with E-state index in [9.17, 15) is 4.79 Å². The zero-order valence-electron chi connectivity index (χ0n) is 7.60. The molecular weight excluding hydrogens is 180 g/mol. The quantitative estimate of drug-likeness (QED) is 0.576. The van der Waals surface area contributed by atoms with E-state index in [0.29, 0.717) is 6.61 Å². The fourth-order valence-electron chi connectivity index (χ4n) is 2.07. The first kappa shape index (κ1) is 7.85. The number of esters is 1. The summed E-state index contributed by atoms with van der Waals surface area (Å²) in [5, 5.41) is 0. The van der Waals surface area contributed by atoms with Gasteiger partial charge in [-0.3, -0.25) is 0 Å². The van der Waals surface area contributed by atoms with Gasteiger partial charge in [-0.15, -0.1) is 0 Å². The van der Waals surface area contributed by atoms with Gasteiger partial charge in [0, 0.05) is 5.92 Å². The predicted octanol–water partition coefficient (Wildman–Crippen LogP) is 1.16. The van der Waals surface area contributed by atoms with Crippen molar-refractivity contribution in [1.82, 2.24) is 0 Å². The summed E-state index contributed by atoms with van der Waals surface area (Å²) in [6, 6.07) is 7.84. The zero-order valence-corrected chi connectivity index (χ0v) is 7.60. The van der Waals surface area contributed by atoms with Gasteiger partial charge in [0.15, 0.2) is 0 Å². The lowest BCUT2D eigenvalue weighted by molar-refractivity contribution is -0.143. The van der Waals surface area contributed by atoms with E-state index in [4.69, 9.17) is 9.47 Å². The summed E-state index contributed by atoms with van der Waals surface area (Å²) in [5.41, 5.74) is 1.17. The number of fused-ring (bicyclic) bond motifs is 2. The minimum Gasteiger partial charge on any atom is -0.478 e. The second-order valence-corrected chi connectivity index (χ2v) is 3.74. The number of hydrogen-bond acceptors (Lipinski definition) is 3. The van der Waals surface area contributed by atoms with Crippen LogP contribution in [0.3, 0.4) is 0 Å². The lowest BCUT2D eigenvalue weighted by Crippen LogP contribution is -2.34. The van der Waals surface area contributed by atoms with E-state index in [1.807, 2.05) is 24.3 Å². The second kappa shape index (κ2) is 2.74. The molecule has 3 rings (SSSR count). The third-order valence-corrected chi connectivity index (χ3v) is 2.81. The molecule has 2 aliphatic rings. The van der Waals surface area contributed by atoms with Crippen LogP contribution in [0.1, 0.15) is 5.56 Å². The van der Waals surface area contributed by atoms with Crippen LogP contribution in [0.4, 0.5) is 0 Å². The summed E-state index contributed by atoms with van der Waals surface area (Å²) in [6.45, 7) is 0.498. The van der Waals surface area contributed by atoms with Gasteiger partial charge in [0.05, 0.1) is 6.61 Å². The van der Waals surface area contributed by atoms with Gasteiger partial charge in [-0.25, -0.2) is 4.79 Å². The van der Waals surface area contributed by atoms with Crippen LogP contribution in [0, 0.1) is 5.92 Å². The molecule has 3 heteroatoms. The standard InChI is InChI=1S/C11H10O3/c12-11-10-8(6-13-11)5-7-3-1-2-4-9(7)14-10/h1-4,8,10H,5-6H2/t8-,10-/m0/s1. The molecule has 0 bridgehead atoms. The van der Waals surface area contributed by atoms with Crippen LogP contribution < -0.4 is 4.74 Å². The zero-order chi connectivity index (χ0) is 9.54. The number of carbonyl (C=O) groups excluding carboxylic acids is 1. The first-order chi connectivity index (χ1) is 6.84. The number of carbonyl (C=O) groups is 1. The predicted molar refractivity (Wildman–Crippen MR) is 49.0 cm³/mol. The lowest BCUT2D eigenvalue weighted by atomic mass is 9.93. The Morgan fingerprint density at radius 1 is 1.29 bits per heavy atom. The van der Waals surface area contributed by atoms with Gasteiger partial charge in [-0.1, -0.05) is 18.2 Å². The number of rotatable bonds is 0. The van der Waals surface area contributed by atoms with Crippen molar-refractivity contribution in [3.63, 3.8) is 0 Å². The summed E-state index contributed by atoms with van der Waals surface area (Å²) in [5.74, 6) is 0.814. The minimum absolute atomic E-state index is 0.206. The highest BCUT2D eigenvalue weighted by molar-refractivity contribution is 5.78. The third-order valence-electron chi connectivity index (χ3n) is 2.81. The molecule has 0 radical (unpaired) electrons. The number of cyclic esters (lactones) is 1. The average Bonchev–Trinajstić information content (AvgIpc) is 2.57. The highest BCUT2D eigenvalue weighted by Gasteiger charge is 2.42. The van der Waals surface area contributed by atoms with Crippen LogP contribution in [0.15, 0.2) is 24.3 Å². The molecule has 1 aromatic rings. The molecule has 0 saturated carbocycles. The molecular formula is C11H10O3. The van der Waals surface area contributed by atoms with Crippen LogP contribution in [0.25, 0.3) is 0 Å². The van der Waals surface area contributed by atoms with E-state index in [1.54, 1.807) is 0 Å². The van der Waals surface area contributed by atoms with Gasteiger partial charge in [-0.05, 0) is 18.1 Å². The monoisotopic (exact) mass is 190 g/mol. The third kappa shape index (κ3) is 1.02. The van der Waals surface area contributed by atoms with Crippen molar-refractivity contribution in [2.45, 2.75) is 12.5 Å². The van der Waals surface area contributed by atoms with E-state index in [2.05, 4.69) is 0 Å². The SMILES string of the molecule is O=C1OC[C@@H]2Cc3ccccc3O[C@H]12. The minimum atomic E-state index is -0.370. The van der Waals surface area contributed by atoms with Crippen molar-refractivity contribution >= 4 is 5.97 Å². The molecule has 0 aromatic heterocycles. The molecule has 1 aromatic carbocycles. The van der Waals surface area contributed by atoms with Crippen molar-refractivity contribution in [2.24, 2.45) is 5.92 Å². The molecule has 1 fully saturated rings. The summed E-state index contributed by atoms with van der Waals surface area (Å²) >= 11 is 0. The summed E-state index contributed by atoms with van der Waals surface area (Å²) in [7, 11) is 0. The van der Waals surface area contributed by atoms with Crippen molar-refractivity contribution in [3.8, 4) is 5.75 Å². The van der Waals surface area contributed by atoms with Crippen molar-refractivity contribution in [3.05, 3.63) is 29.8 Å². The molecule has 2 aliphatic heterocycles. The number of para-hydroxylation sites is 1. The fraction of sp³-hybridized carbons (Fsp3) is 0.364. The molecule has 0 spiro atoms. The number of benzene rings is 1. The Labute approximate surface area is 81.6 Å². The Morgan fingerprint density at radius 2 is 2.14 bits per heavy atom. The normalized spacial score (nSPS) is 28.7. The number of hydrogen-bond donors (Lipinski definition) is 0. The Kier molecular flexibility index (Phi) is 1.54. The Morgan fingerprint density at radius 3 is 3.07 bits per heavy atom. The topological polar surface area (TPSA) is 35.5 Å². The highest BCUT2D eigenvalue weighted by Crippen LogP contribution is 2.33. The van der Waals surface area contributed by atoms with E-state index in [1.165, 1.54) is 5.56 Å². The Balaban J connectivity index is 1.99. The first-order valence-electron chi connectivity index (χ1n) is 4.76. The molecule has 3 nitrogen and oxygen atoms in total. The first-order valence-corrected chi connectivity index (χ1v) is 4.76. The van der Waals surface area contributed by atoms with Crippen molar-refractivity contribution in [2.75, 3.05) is 6.61 Å². The molecule has 0 aliphatic carbocycles. The average molecular weight is 190 g/mol. The molecule has 0 N–H and O–H groups in total. The molecule has 2 atom stereocenters. The molecule has 72 valence electrons. The van der Waals surface area contributed by atoms with Crippen LogP contribution in [-0.2, 0) is 16.0 Å². The van der Waals surface area contributed by atoms with Gasteiger partial charge in [-0.2, -0.15) is 0 Å².